The fourth-order valence-electron chi connectivity index (χ4n) is 3.44. The van der Waals surface area contributed by atoms with Gasteiger partial charge in [0.2, 0.25) is 11.6 Å². The lowest BCUT2D eigenvalue weighted by Gasteiger charge is -2.35. The fourth-order valence-corrected chi connectivity index (χ4v) is 3.44. The number of hydrazine groups is 1. The smallest absolute Gasteiger partial charge is 0.353 e. The van der Waals surface area contributed by atoms with Crippen molar-refractivity contribution in [2.45, 2.75) is 6.92 Å². The van der Waals surface area contributed by atoms with Gasteiger partial charge in [0.05, 0.1) is 4.92 Å². The molecular weight excluding hydrogens is 412 g/mol. The van der Waals surface area contributed by atoms with Crippen LogP contribution in [0.5, 0.6) is 0 Å². The van der Waals surface area contributed by atoms with E-state index in [9.17, 15) is 14.9 Å². The lowest BCUT2D eigenvalue weighted by atomic mass is 10.1. The molecule has 0 unspecified atom stereocenters. The van der Waals surface area contributed by atoms with Gasteiger partial charge in [0.15, 0.2) is 0 Å². The molecule has 1 saturated heterocycles. The number of anilines is 3. The molecule has 164 valence electrons. The molecule has 1 amide bonds. The van der Waals surface area contributed by atoms with E-state index in [0.29, 0.717) is 31.7 Å². The van der Waals surface area contributed by atoms with Crippen LogP contribution in [0, 0.1) is 17.0 Å². The third-order valence-electron chi connectivity index (χ3n) is 5.15. The van der Waals surface area contributed by atoms with Crippen molar-refractivity contribution in [1.29, 1.82) is 0 Å². The zero-order chi connectivity index (χ0) is 22.5. The van der Waals surface area contributed by atoms with Gasteiger partial charge < -0.3 is 9.80 Å². The van der Waals surface area contributed by atoms with Crippen molar-refractivity contribution in [3.63, 3.8) is 0 Å². The van der Waals surface area contributed by atoms with Crippen LogP contribution >= 0.6 is 0 Å². The number of amides is 1. The van der Waals surface area contributed by atoms with Gasteiger partial charge in [0, 0.05) is 37.9 Å². The molecule has 0 saturated carbocycles. The van der Waals surface area contributed by atoms with Gasteiger partial charge in [0.1, 0.15) is 12.1 Å². The van der Waals surface area contributed by atoms with Crippen molar-refractivity contribution in [2.24, 2.45) is 0 Å². The minimum atomic E-state index is -0.541. The summed E-state index contributed by atoms with van der Waals surface area (Å²) in [4.78, 5) is 40.1. The molecule has 32 heavy (non-hydrogen) atoms. The molecule has 0 radical (unpaired) electrons. The highest BCUT2D eigenvalue weighted by Crippen LogP contribution is 2.32. The highest BCUT2D eigenvalue weighted by atomic mass is 16.6. The predicted octanol–water partition coefficient (Wildman–Crippen LogP) is 2.17. The second-order valence-electron chi connectivity index (χ2n) is 7.26. The first-order valence-corrected chi connectivity index (χ1v) is 10.1. The number of nitrogens with one attached hydrogen (secondary N) is 2. The minimum absolute atomic E-state index is 0.0763. The van der Waals surface area contributed by atoms with Crippen LogP contribution in [0.1, 0.15) is 15.9 Å². The van der Waals surface area contributed by atoms with Crippen molar-refractivity contribution >= 4 is 29.0 Å². The average molecular weight is 434 g/mol. The van der Waals surface area contributed by atoms with Crippen LogP contribution in [0.15, 0.2) is 55.0 Å². The Morgan fingerprint density at radius 2 is 1.72 bits per heavy atom. The Hall–Kier alpha value is -4.28. The van der Waals surface area contributed by atoms with E-state index in [1.807, 2.05) is 42.2 Å². The van der Waals surface area contributed by atoms with E-state index in [4.69, 9.17) is 0 Å². The Morgan fingerprint density at radius 3 is 2.38 bits per heavy atom. The molecular formula is C21H22N8O3. The molecule has 3 aromatic rings. The molecule has 0 bridgehead atoms. The van der Waals surface area contributed by atoms with Crippen molar-refractivity contribution in [3.05, 3.63) is 76.2 Å². The summed E-state index contributed by atoms with van der Waals surface area (Å²) in [5, 5.41) is 11.8. The molecule has 2 aromatic heterocycles. The molecule has 1 aromatic carbocycles. The summed E-state index contributed by atoms with van der Waals surface area (Å²) < 4.78 is 0. The number of carbonyl (C=O) groups excluding carboxylic acids is 1. The predicted molar refractivity (Wildman–Crippen MR) is 120 cm³/mol. The lowest BCUT2D eigenvalue weighted by molar-refractivity contribution is -0.383. The van der Waals surface area contributed by atoms with Crippen LogP contribution in [-0.4, -0.2) is 52.0 Å². The van der Waals surface area contributed by atoms with E-state index in [-0.39, 0.29) is 17.3 Å². The summed E-state index contributed by atoms with van der Waals surface area (Å²) in [5.41, 5.74) is 6.21. The third-order valence-corrected chi connectivity index (χ3v) is 5.15. The standard InChI is InChI=1S/C21H22N8O3/c1-15-5-7-16(8-6-15)21(30)26-25-19-18(29(31)32)20(24-14-23-19)28-12-10-27(11-13-28)17-4-2-3-9-22-17/h2-9,14H,10-13H2,1H3,(H,26,30)(H,23,24,25). The maximum absolute atomic E-state index is 12.4. The lowest BCUT2D eigenvalue weighted by Crippen LogP contribution is -2.47. The highest BCUT2D eigenvalue weighted by Gasteiger charge is 2.29. The molecule has 4 rings (SSSR count). The second kappa shape index (κ2) is 9.25. The van der Waals surface area contributed by atoms with E-state index < -0.39 is 10.8 Å². The Kier molecular flexibility index (Phi) is 6.06. The maximum atomic E-state index is 12.4. The van der Waals surface area contributed by atoms with Crippen LogP contribution in [-0.2, 0) is 0 Å². The molecule has 1 aliphatic rings. The number of piperazine rings is 1. The molecule has 1 aliphatic heterocycles. The summed E-state index contributed by atoms with van der Waals surface area (Å²) in [7, 11) is 0. The number of aromatic nitrogens is 3. The number of benzene rings is 1. The largest absolute Gasteiger partial charge is 0.355 e. The Bertz CT molecular complexity index is 1100. The van der Waals surface area contributed by atoms with Gasteiger partial charge in [-0.3, -0.25) is 25.8 Å². The first-order valence-electron chi connectivity index (χ1n) is 10.1. The summed E-state index contributed by atoms with van der Waals surface area (Å²) in [6.07, 6.45) is 2.98. The molecule has 1 fully saturated rings. The van der Waals surface area contributed by atoms with Gasteiger partial charge in [-0.15, -0.1) is 0 Å². The quantitative estimate of drug-likeness (QED) is 0.443. The van der Waals surface area contributed by atoms with Crippen molar-refractivity contribution in [3.8, 4) is 0 Å². The molecule has 11 heteroatoms. The summed E-state index contributed by atoms with van der Waals surface area (Å²) >= 11 is 0. The van der Waals surface area contributed by atoms with Gasteiger partial charge in [-0.1, -0.05) is 23.8 Å². The normalized spacial score (nSPS) is 13.5. The van der Waals surface area contributed by atoms with E-state index in [1.165, 1.54) is 6.33 Å². The number of nitrogens with zero attached hydrogens (tertiary/aromatic N) is 6. The highest BCUT2D eigenvalue weighted by molar-refractivity contribution is 5.95. The number of hydrogen-bond acceptors (Lipinski definition) is 9. The zero-order valence-electron chi connectivity index (χ0n) is 17.4. The molecule has 0 aliphatic carbocycles. The minimum Gasteiger partial charge on any atom is -0.353 e. The van der Waals surface area contributed by atoms with Gasteiger partial charge in [-0.2, -0.15) is 0 Å². The zero-order valence-corrected chi connectivity index (χ0v) is 17.4. The average Bonchev–Trinajstić information content (AvgIpc) is 2.83. The van der Waals surface area contributed by atoms with Gasteiger partial charge in [-0.25, -0.2) is 15.0 Å². The third kappa shape index (κ3) is 4.56. The maximum Gasteiger partial charge on any atom is 0.355 e. The Balaban J connectivity index is 1.48. The topological polar surface area (TPSA) is 129 Å². The molecule has 3 heterocycles. The van der Waals surface area contributed by atoms with Crippen LogP contribution in [0.2, 0.25) is 0 Å². The fraction of sp³-hybridized carbons (Fsp3) is 0.238. The van der Waals surface area contributed by atoms with Crippen LogP contribution in [0.4, 0.5) is 23.1 Å². The molecule has 2 N–H and O–H groups in total. The van der Waals surface area contributed by atoms with Gasteiger partial charge in [0.25, 0.3) is 5.91 Å². The van der Waals surface area contributed by atoms with Crippen molar-refractivity contribution < 1.29 is 9.72 Å². The van der Waals surface area contributed by atoms with E-state index >= 15 is 0 Å². The molecule has 0 atom stereocenters. The molecule has 0 spiro atoms. The van der Waals surface area contributed by atoms with Crippen LogP contribution in [0.3, 0.4) is 0 Å². The number of nitro groups is 1. The van der Waals surface area contributed by atoms with Crippen molar-refractivity contribution in [2.75, 3.05) is 41.4 Å². The van der Waals surface area contributed by atoms with Crippen LogP contribution in [0.25, 0.3) is 0 Å². The second-order valence-corrected chi connectivity index (χ2v) is 7.26. The van der Waals surface area contributed by atoms with Crippen LogP contribution < -0.4 is 20.7 Å². The molecule has 11 nitrogen and oxygen atoms in total. The van der Waals surface area contributed by atoms with Gasteiger partial charge in [-0.05, 0) is 31.2 Å². The first kappa shape index (κ1) is 21.0. The monoisotopic (exact) mass is 434 g/mol. The number of carbonyl (C=O) groups is 1. The number of rotatable bonds is 6. The Morgan fingerprint density at radius 1 is 1.00 bits per heavy atom. The SMILES string of the molecule is Cc1ccc(C(=O)NNc2ncnc(N3CCN(c4ccccn4)CC3)c2[N+](=O)[O-])cc1. The Labute approximate surface area is 184 Å². The van der Waals surface area contributed by atoms with E-state index in [1.54, 1.807) is 18.3 Å². The number of pyridine rings is 1. The summed E-state index contributed by atoms with van der Waals surface area (Å²) in [6.45, 7) is 4.27. The summed E-state index contributed by atoms with van der Waals surface area (Å²) in [6, 6.07) is 12.7. The number of hydrogen-bond donors (Lipinski definition) is 2. The van der Waals surface area contributed by atoms with E-state index in [2.05, 4.69) is 30.7 Å². The first-order chi connectivity index (χ1) is 15.5. The van der Waals surface area contributed by atoms with Gasteiger partial charge >= 0.3 is 5.69 Å². The summed E-state index contributed by atoms with van der Waals surface area (Å²) in [5.74, 6) is 0.569. The van der Waals surface area contributed by atoms with E-state index in [0.717, 1.165) is 11.4 Å². The number of aryl methyl sites for hydroxylation is 1. The van der Waals surface area contributed by atoms with Crippen molar-refractivity contribution in [1.82, 2.24) is 20.4 Å².